The van der Waals surface area contributed by atoms with Gasteiger partial charge in [-0.3, -0.25) is 0 Å². The molecule has 0 aromatic heterocycles. The van der Waals surface area contributed by atoms with Gasteiger partial charge in [-0.1, -0.05) is 13.3 Å². The highest BCUT2D eigenvalue weighted by Crippen LogP contribution is 2.25. The Morgan fingerprint density at radius 1 is 1.56 bits per heavy atom. The smallest absolute Gasteiger partial charge is 0.317 e. The molecule has 2 N–H and O–H groups in total. The maximum Gasteiger partial charge on any atom is 0.317 e. The van der Waals surface area contributed by atoms with Crippen LogP contribution < -0.4 is 5.32 Å². The van der Waals surface area contributed by atoms with Crippen LogP contribution in [0, 0.1) is 11.8 Å². The van der Waals surface area contributed by atoms with Gasteiger partial charge in [0, 0.05) is 26.1 Å². The van der Waals surface area contributed by atoms with Crippen LogP contribution in [0.2, 0.25) is 0 Å². The van der Waals surface area contributed by atoms with Gasteiger partial charge < -0.3 is 15.3 Å². The first-order valence-corrected chi connectivity index (χ1v) is 8.10. The summed E-state index contributed by atoms with van der Waals surface area (Å²) in [7, 11) is 1.81. The SMILES string of the molecule is CSC[C@H](C)CNC(=O)N(C)C[C@H]1CCC[C@@H]1O. The highest BCUT2D eigenvalue weighted by molar-refractivity contribution is 7.98. The Morgan fingerprint density at radius 2 is 2.28 bits per heavy atom. The van der Waals surface area contributed by atoms with Gasteiger partial charge in [0.25, 0.3) is 0 Å². The molecule has 0 spiro atoms. The van der Waals surface area contributed by atoms with Crippen molar-refractivity contribution < 1.29 is 9.90 Å². The number of aliphatic hydroxyl groups is 1. The largest absolute Gasteiger partial charge is 0.393 e. The molecule has 0 heterocycles. The first-order chi connectivity index (χ1) is 8.54. The van der Waals surface area contributed by atoms with Gasteiger partial charge in [-0.2, -0.15) is 11.8 Å². The number of hydrogen-bond donors (Lipinski definition) is 2. The Labute approximate surface area is 115 Å². The first kappa shape index (κ1) is 15.6. The Balaban J connectivity index is 2.24. The van der Waals surface area contributed by atoms with E-state index in [4.69, 9.17) is 0 Å². The van der Waals surface area contributed by atoms with Crippen molar-refractivity contribution in [2.75, 3.05) is 32.1 Å². The third kappa shape index (κ3) is 5.06. The van der Waals surface area contributed by atoms with E-state index in [1.54, 1.807) is 23.7 Å². The molecule has 0 aromatic rings. The van der Waals surface area contributed by atoms with Crippen molar-refractivity contribution in [1.82, 2.24) is 10.2 Å². The maximum absolute atomic E-state index is 11.9. The summed E-state index contributed by atoms with van der Waals surface area (Å²) in [6.07, 6.45) is 4.83. The van der Waals surface area contributed by atoms with Crippen molar-refractivity contribution in [1.29, 1.82) is 0 Å². The lowest BCUT2D eigenvalue weighted by atomic mass is 10.1. The number of nitrogens with one attached hydrogen (secondary N) is 1. The molecule has 2 amide bonds. The Kier molecular flexibility index (Phi) is 6.86. The molecular formula is C13H26N2O2S. The monoisotopic (exact) mass is 274 g/mol. The highest BCUT2D eigenvalue weighted by Gasteiger charge is 2.27. The summed E-state index contributed by atoms with van der Waals surface area (Å²) in [4.78, 5) is 13.6. The van der Waals surface area contributed by atoms with Gasteiger partial charge in [0.05, 0.1) is 6.10 Å². The van der Waals surface area contributed by atoms with Crippen LogP contribution in [0.1, 0.15) is 26.2 Å². The number of urea groups is 1. The van der Waals surface area contributed by atoms with Crippen LogP contribution in [0.5, 0.6) is 0 Å². The molecule has 0 bridgehead atoms. The second-order valence-electron chi connectivity index (χ2n) is 5.39. The van der Waals surface area contributed by atoms with E-state index in [1.165, 1.54) is 0 Å². The van der Waals surface area contributed by atoms with E-state index in [-0.39, 0.29) is 18.1 Å². The van der Waals surface area contributed by atoms with Gasteiger partial charge in [0.1, 0.15) is 0 Å². The first-order valence-electron chi connectivity index (χ1n) is 6.70. The molecule has 1 rings (SSSR count). The van der Waals surface area contributed by atoms with Crippen LogP contribution in [-0.2, 0) is 0 Å². The molecule has 3 atom stereocenters. The molecule has 4 nitrogen and oxygen atoms in total. The third-order valence-corrected chi connectivity index (χ3v) is 4.43. The number of carbonyl (C=O) groups excluding carboxylic acids is 1. The average Bonchev–Trinajstić information content (AvgIpc) is 2.72. The molecule has 1 fully saturated rings. The van der Waals surface area contributed by atoms with E-state index in [2.05, 4.69) is 18.5 Å². The van der Waals surface area contributed by atoms with Crippen LogP contribution >= 0.6 is 11.8 Å². The number of thioether (sulfide) groups is 1. The van der Waals surface area contributed by atoms with Gasteiger partial charge in [0.15, 0.2) is 0 Å². The van der Waals surface area contributed by atoms with Crippen LogP contribution in [0.25, 0.3) is 0 Å². The maximum atomic E-state index is 11.9. The number of aliphatic hydroxyl groups excluding tert-OH is 1. The summed E-state index contributed by atoms with van der Waals surface area (Å²) < 4.78 is 0. The van der Waals surface area contributed by atoms with Gasteiger partial charge in [0.2, 0.25) is 0 Å². The number of amides is 2. The number of carbonyl (C=O) groups is 1. The highest BCUT2D eigenvalue weighted by atomic mass is 32.2. The van der Waals surface area contributed by atoms with Gasteiger partial charge in [-0.25, -0.2) is 4.79 Å². The lowest BCUT2D eigenvalue weighted by Gasteiger charge is -2.24. The molecule has 18 heavy (non-hydrogen) atoms. The van der Waals surface area contributed by atoms with Gasteiger partial charge in [-0.15, -0.1) is 0 Å². The van der Waals surface area contributed by atoms with Crippen LogP contribution in [0.15, 0.2) is 0 Å². The van der Waals surface area contributed by atoms with Crippen LogP contribution in [0.3, 0.4) is 0 Å². The van der Waals surface area contributed by atoms with Crippen molar-refractivity contribution in [2.45, 2.75) is 32.3 Å². The topological polar surface area (TPSA) is 52.6 Å². The Morgan fingerprint density at radius 3 is 2.83 bits per heavy atom. The lowest BCUT2D eigenvalue weighted by Crippen LogP contribution is -2.42. The minimum absolute atomic E-state index is 0.0259. The van der Waals surface area contributed by atoms with Crippen molar-refractivity contribution in [3.8, 4) is 0 Å². The zero-order chi connectivity index (χ0) is 13.5. The lowest BCUT2D eigenvalue weighted by molar-refractivity contribution is 0.114. The average molecular weight is 274 g/mol. The number of hydrogen-bond acceptors (Lipinski definition) is 3. The van der Waals surface area contributed by atoms with E-state index in [0.717, 1.165) is 31.6 Å². The fourth-order valence-corrected chi connectivity index (χ4v) is 3.09. The molecule has 0 radical (unpaired) electrons. The molecule has 0 saturated heterocycles. The summed E-state index contributed by atoms with van der Waals surface area (Å²) in [6, 6.07) is -0.0259. The molecule has 0 aliphatic heterocycles. The van der Waals surface area contributed by atoms with E-state index in [9.17, 15) is 9.90 Å². The van der Waals surface area contributed by atoms with Crippen molar-refractivity contribution in [3.63, 3.8) is 0 Å². The van der Waals surface area contributed by atoms with Crippen LogP contribution in [-0.4, -0.2) is 54.3 Å². The molecule has 1 aliphatic rings. The van der Waals surface area contributed by atoms with Crippen LogP contribution in [0.4, 0.5) is 4.79 Å². The standard InChI is InChI=1S/C13H26N2O2S/c1-10(9-18-3)7-14-13(17)15(2)8-11-5-4-6-12(11)16/h10-12,16H,4-9H2,1-3H3,(H,14,17)/t10-,11-,12+/m1/s1. The second kappa shape index (κ2) is 7.89. The second-order valence-corrected chi connectivity index (χ2v) is 6.30. The van der Waals surface area contributed by atoms with Gasteiger partial charge in [-0.05, 0) is 30.8 Å². The fraction of sp³-hybridized carbons (Fsp3) is 0.923. The van der Waals surface area contributed by atoms with Gasteiger partial charge >= 0.3 is 6.03 Å². The number of nitrogens with zero attached hydrogens (tertiary/aromatic N) is 1. The summed E-state index contributed by atoms with van der Waals surface area (Å²) in [5.41, 5.74) is 0. The van der Waals surface area contributed by atoms with E-state index < -0.39 is 0 Å². The summed E-state index contributed by atoms with van der Waals surface area (Å²) in [5.74, 6) is 1.81. The molecule has 0 aromatic carbocycles. The minimum Gasteiger partial charge on any atom is -0.393 e. The molecule has 1 saturated carbocycles. The molecule has 0 unspecified atom stereocenters. The zero-order valence-electron chi connectivity index (χ0n) is 11.7. The fourth-order valence-electron chi connectivity index (χ4n) is 2.40. The molecule has 106 valence electrons. The summed E-state index contributed by atoms with van der Waals surface area (Å²) in [6.45, 7) is 3.51. The summed E-state index contributed by atoms with van der Waals surface area (Å²) in [5, 5.41) is 12.7. The van der Waals surface area contributed by atoms with Crippen molar-refractivity contribution >= 4 is 17.8 Å². The predicted octanol–water partition coefficient (Wildman–Crippen LogP) is 1.79. The quantitative estimate of drug-likeness (QED) is 0.776. The van der Waals surface area contributed by atoms with E-state index in [1.807, 2.05) is 0 Å². The molecule has 1 aliphatic carbocycles. The Hall–Kier alpha value is -0.420. The minimum atomic E-state index is -0.226. The summed E-state index contributed by atoms with van der Waals surface area (Å²) >= 11 is 1.80. The molecule has 5 heteroatoms. The normalized spacial score (nSPS) is 24.9. The van der Waals surface area contributed by atoms with E-state index in [0.29, 0.717) is 12.5 Å². The third-order valence-electron chi connectivity index (χ3n) is 3.53. The number of rotatable bonds is 6. The van der Waals surface area contributed by atoms with Crippen molar-refractivity contribution in [2.24, 2.45) is 11.8 Å². The predicted molar refractivity (Wildman–Crippen MR) is 76.9 cm³/mol. The van der Waals surface area contributed by atoms with E-state index >= 15 is 0 Å². The molecular weight excluding hydrogens is 248 g/mol. The zero-order valence-corrected chi connectivity index (χ0v) is 12.5. The Bertz CT molecular complexity index is 263. The van der Waals surface area contributed by atoms with Crippen molar-refractivity contribution in [3.05, 3.63) is 0 Å².